The van der Waals surface area contributed by atoms with Gasteiger partial charge in [-0.05, 0) is 24.6 Å². The van der Waals surface area contributed by atoms with Gasteiger partial charge in [0.05, 0.1) is 6.07 Å². The average molecular weight is 238 g/mol. The van der Waals surface area contributed by atoms with Gasteiger partial charge in [-0.15, -0.1) is 0 Å². The Bertz CT molecular complexity index is 368. The Kier molecular flexibility index (Phi) is 1.90. The third kappa shape index (κ3) is 1.37. The predicted octanol–water partition coefficient (Wildman–Crippen LogP) is 2.59. The van der Waals surface area contributed by atoms with Crippen LogP contribution < -0.4 is 0 Å². The van der Waals surface area contributed by atoms with Crippen molar-refractivity contribution >= 4 is 15.9 Å². The summed E-state index contributed by atoms with van der Waals surface area (Å²) in [5.74, 6) is 0. The van der Waals surface area contributed by atoms with Gasteiger partial charge >= 0.3 is 0 Å². The Morgan fingerprint density at radius 1 is 1.46 bits per heavy atom. The molecule has 0 aromatic heterocycles. The van der Waals surface area contributed by atoms with E-state index in [4.69, 9.17) is 10.00 Å². The van der Waals surface area contributed by atoms with Crippen LogP contribution in [0.2, 0.25) is 0 Å². The Hall–Kier alpha value is -0.850. The van der Waals surface area contributed by atoms with Gasteiger partial charge in [0.25, 0.3) is 0 Å². The highest BCUT2D eigenvalue weighted by atomic mass is 79.9. The molecule has 66 valence electrons. The zero-order valence-electron chi connectivity index (χ0n) is 7.12. The summed E-state index contributed by atoms with van der Waals surface area (Å²) < 4.78 is 6.34. The van der Waals surface area contributed by atoms with Crippen molar-refractivity contribution in [3.63, 3.8) is 0 Å². The highest BCUT2D eigenvalue weighted by molar-refractivity contribution is 9.10. The summed E-state index contributed by atoms with van der Waals surface area (Å²) in [7, 11) is 0. The first kappa shape index (κ1) is 8.74. The van der Waals surface area contributed by atoms with E-state index in [1.807, 2.05) is 31.2 Å². The molecule has 1 aromatic rings. The lowest BCUT2D eigenvalue weighted by Crippen LogP contribution is -2.05. The van der Waals surface area contributed by atoms with E-state index in [0.717, 1.165) is 10.0 Å². The first-order valence-electron chi connectivity index (χ1n) is 4.00. The first-order valence-corrected chi connectivity index (χ1v) is 4.79. The largest absolute Gasteiger partial charge is 0.345 e. The van der Waals surface area contributed by atoms with Crippen LogP contribution in [0.25, 0.3) is 0 Å². The molecule has 1 fully saturated rings. The molecule has 0 spiro atoms. The maximum Gasteiger partial charge on any atom is 0.178 e. The molecule has 3 heteroatoms. The molecular formula is C10H8BrNO. The van der Waals surface area contributed by atoms with Gasteiger partial charge in [0.2, 0.25) is 0 Å². The normalized spacial score (nSPS) is 31.0. The average Bonchev–Trinajstić information content (AvgIpc) is 2.80. The Morgan fingerprint density at radius 2 is 2.08 bits per heavy atom. The van der Waals surface area contributed by atoms with Crippen LogP contribution in [0.15, 0.2) is 28.7 Å². The molecule has 1 aliphatic rings. The number of benzene rings is 1. The highest BCUT2D eigenvalue weighted by Gasteiger charge is 2.54. The molecular weight excluding hydrogens is 230 g/mol. The van der Waals surface area contributed by atoms with Crippen LogP contribution in [0.5, 0.6) is 0 Å². The second-order valence-corrected chi connectivity index (χ2v) is 4.16. The summed E-state index contributed by atoms with van der Waals surface area (Å²) in [6, 6.07) is 9.97. The van der Waals surface area contributed by atoms with Gasteiger partial charge in [-0.3, -0.25) is 0 Å². The van der Waals surface area contributed by atoms with Crippen molar-refractivity contribution in [2.45, 2.75) is 18.6 Å². The maximum atomic E-state index is 8.67. The standard InChI is InChI=1S/C10H8BrNO/c1-10(9(6-12)13-10)7-2-4-8(11)5-3-7/h2-5,9H,1H3. The van der Waals surface area contributed by atoms with Crippen LogP contribution in [0, 0.1) is 11.3 Å². The molecule has 0 radical (unpaired) electrons. The predicted molar refractivity (Wildman–Crippen MR) is 52.0 cm³/mol. The SMILES string of the molecule is CC1(c2ccc(Br)cc2)OC1C#N. The summed E-state index contributed by atoms with van der Waals surface area (Å²) in [4.78, 5) is 0. The Balaban J connectivity index is 2.29. The lowest BCUT2D eigenvalue weighted by molar-refractivity contribution is 0.321. The number of nitriles is 1. The minimum atomic E-state index is -0.380. The smallest absolute Gasteiger partial charge is 0.178 e. The van der Waals surface area contributed by atoms with Crippen molar-refractivity contribution in [2.75, 3.05) is 0 Å². The summed E-state index contributed by atoms with van der Waals surface area (Å²) >= 11 is 3.36. The number of halogens is 1. The Morgan fingerprint density at radius 3 is 2.54 bits per heavy atom. The Labute approximate surface area is 85.3 Å². The van der Waals surface area contributed by atoms with E-state index in [2.05, 4.69) is 22.0 Å². The molecule has 1 aliphatic heterocycles. The van der Waals surface area contributed by atoms with Crippen LogP contribution in [0.3, 0.4) is 0 Å². The van der Waals surface area contributed by atoms with Gasteiger partial charge in [-0.1, -0.05) is 28.1 Å². The number of nitrogens with zero attached hydrogens (tertiary/aromatic N) is 1. The number of epoxide rings is 1. The topological polar surface area (TPSA) is 36.3 Å². The zero-order chi connectivity index (χ0) is 9.47. The highest BCUT2D eigenvalue weighted by Crippen LogP contribution is 2.45. The van der Waals surface area contributed by atoms with Gasteiger partial charge in [-0.2, -0.15) is 5.26 Å². The number of ether oxygens (including phenoxy) is 1. The molecule has 2 rings (SSSR count). The van der Waals surface area contributed by atoms with E-state index in [-0.39, 0.29) is 11.7 Å². The molecule has 2 unspecified atom stereocenters. The number of rotatable bonds is 1. The van der Waals surface area contributed by atoms with Crippen LogP contribution in [0.4, 0.5) is 0 Å². The van der Waals surface area contributed by atoms with E-state index >= 15 is 0 Å². The van der Waals surface area contributed by atoms with E-state index in [1.165, 1.54) is 0 Å². The second kappa shape index (κ2) is 2.83. The maximum absolute atomic E-state index is 8.67. The van der Waals surface area contributed by atoms with E-state index in [0.29, 0.717) is 0 Å². The molecule has 0 bridgehead atoms. The van der Waals surface area contributed by atoms with Crippen LogP contribution in [-0.2, 0) is 10.3 Å². The zero-order valence-corrected chi connectivity index (χ0v) is 8.71. The fourth-order valence-corrected chi connectivity index (χ4v) is 1.62. The van der Waals surface area contributed by atoms with Gasteiger partial charge in [-0.25, -0.2) is 0 Å². The second-order valence-electron chi connectivity index (χ2n) is 3.24. The molecule has 0 aliphatic carbocycles. The van der Waals surface area contributed by atoms with Crippen LogP contribution >= 0.6 is 15.9 Å². The summed E-state index contributed by atoms with van der Waals surface area (Å²) in [6.07, 6.45) is -0.284. The van der Waals surface area contributed by atoms with Crippen molar-refractivity contribution < 1.29 is 4.74 Å². The monoisotopic (exact) mass is 237 g/mol. The van der Waals surface area contributed by atoms with E-state index in [1.54, 1.807) is 0 Å². The molecule has 1 saturated heterocycles. The first-order chi connectivity index (χ1) is 6.16. The lowest BCUT2D eigenvalue weighted by Gasteiger charge is -2.04. The van der Waals surface area contributed by atoms with Gasteiger partial charge in [0.1, 0.15) is 5.60 Å². The molecule has 0 amide bonds. The van der Waals surface area contributed by atoms with Gasteiger partial charge < -0.3 is 4.74 Å². The molecule has 0 N–H and O–H groups in total. The minimum absolute atomic E-state index is 0.284. The molecule has 2 nitrogen and oxygen atoms in total. The fourth-order valence-electron chi connectivity index (χ4n) is 1.36. The van der Waals surface area contributed by atoms with Gasteiger partial charge in [0.15, 0.2) is 6.10 Å². The van der Waals surface area contributed by atoms with Crippen LogP contribution in [0.1, 0.15) is 12.5 Å². The molecule has 13 heavy (non-hydrogen) atoms. The quantitative estimate of drug-likeness (QED) is 0.705. The van der Waals surface area contributed by atoms with Crippen LogP contribution in [-0.4, -0.2) is 6.10 Å². The number of hydrogen-bond acceptors (Lipinski definition) is 2. The summed E-state index contributed by atoms with van der Waals surface area (Å²) in [5, 5.41) is 8.67. The molecule has 1 aromatic carbocycles. The van der Waals surface area contributed by atoms with E-state index < -0.39 is 0 Å². The molecule has 2 atom stereocenters. The van der Waals surface area contributed by atoms with Crippen molar-refractivity contribution in [3.8, 4) is 6.07 Å². The fraction of sp³-hybridized carbons (Fsp3) is 0.300. The summed E-state index contributed by atoms with van der Waals surface area (Å²) in [6.45, 7) is 1.93. The molecule has 0 saturated carbocycles. The van der Waals surface area contributed by atoms with Gasteiger partial charge in [0, 0.05) is 4.47 Å². The van der Waals surface area contributed by atoms with Crippen molar-refractivity contribution in [3.05, 3.63) is 34.3 Å². The third-order valence-electron chi connectivity index (χ3n) is 2.34. The summed E-state index contributed by atoms with van der Waals surface area (Å²) in [5.41, 5.74) is 0.678. The van der Waals surface area contributed by atoms with Crippen molar-refractivity contribution in [2.24, 2.45) is 0 Å². The van der Waals surface area contributed by atoms with Crippen molar-refractivity contribution in [1.29, 1.82) is 5.26 Å². The van der Waals surface area contributed by atoms with E-state index in [9.17, 15) is 0 Å². The minimum Gasteiger partial charge on any atom is -0.345 e. The van der Waals surface area contributed by atoms with Crippen molar-refractivity contribution in [1.82, 2.24) is 0 Å². The number of hydrogen-bond donors (Lipinski definition) is 0. The lowest BCUT2D eigenvalue weighted by atomic mass is 9.98. The third-order valence-corrected chi connectivity index (χ3v) is 2.87. The molecule has 1 heterocycles.